The Labute approximate surface area is 100 Å². The second-order valence-corrected chi connectivity index (χ2v) is 4.27. The SMILES string of the molecule is O=C(O)c1csc(-c2ccc3c(c2)OCO3)n1. The van der Waals surface area contributed by atoms with Gasteiger partial charge in [-0.05, 0) is 18.2 Å². The highest BCUT2D eigenvalue weighted by atomic mass is 32.1. The first-order valence-corrected chi connectivity index (χ1v) is 5.71. The molecular formula is C11H7NO4S. The van der Waals surface area contributed by atoms with Crippen LogP contribution in [0.15, 0.2) is 23.6 Å². The van der Waals surface area contributed by atoms with Crippen molar-refractivity contribution in [3.8, 4) is 22.1 Å². The first-order chi connectivity index (χ1) is 8.24. The van der Waals surface area contributed by atoms with Gasteiger partial charge in [-0.25, -0.2) is 9.78 Å². The number of aromatic nitrogens is 1. The molecule has 0 amide bonds. The van der Waals surface area contributed by atoms with Gasteiger partial charge < -0.3 is 14.6 Å². The molecule has 17 heavy (non-hydrogen) atoms. The van der Waals surface area contributed by atoms with Gasteiger partial charge >= 0.3 is 5.97 Å². The largest absolute Gasteiger partial charge is 0.476 e. The molecule has 86 valence electrons. The Kier molecular flexibility index (Phi) is 2.22. The fourth-order valence-corrected chi connectivity index (χ4v) is 2.33. The maximum atomic E-state index is 10.7. The van der Waals surface area contributed by atoms with Gasteiger partial charge in [0, 0.05) is 10.9 Å². The molecule has 1 aromatic carbocycles. The Balaban J connectivity index is 2.00. The van der Waals surface area contributed by atoms with Crippen LogP contribution in [-0.2, 0) is 0 Å². The van der Waals surface area contributed by atoms with Gasteiger partial charge in [0.2, 0.25) is 6.79 Å². The van der Waals surface area contributed by atoms with Crippen molar-refractivity contribution in [3.05, 3.63) is 29.3 Å². The molecule has 0 unspecified atom stereocenters. The van der Waals surface area contributed by atoms with Gasteiger partial charge in [0.15, 0.2) is 17.2 Å². The minimum absolute atomic E-state index is 0.0580. The number of benzene rings is 1. The fraction of sp³-hybridized carbons (Fsp3) is 0.0909. The summed E-state index contributed by atoms with van der Waals surface area (Å²) < 4.78 is 10.5. The molecule has 1 aromatic heterocycles. The zero-order chi connectivity index (χ0) is 11.8. The van der Waals surface area contributed by atoms with Crippen LogP contribution in [0.5, 0.6) is 11.5 Å². The predicted octanol–water partition coefficient (Wildman–Crippen LogP) is 2.24. The number of nitrogens with zero attached hydrogens (tertiary/aromatic N) is 1. The third kappa shape index (κ3) is 1.72. The smallest absolute Gasteiger partial charge is 0.355 e. The normalized spacial score (nSPS) is 12.7. The third-order valence-corrected chi connectivity index (χ3v) is 3.23. The molecule has 0 atom stereocenters. The van der Waals surface area contributed by atoms with Crippen LogP contribution in [0.1, 0.15) is 10.5 Å². The molecule has 0 radical (unpaired) electrons. The molecule has 0 aliphatic carbocycles. The van der Waals surface area contributed by atoms with Crippen LogP contribution >= 0.6 is 11.3 Å². The Bertz CT molecular complexity index is 593. The van der Waals surface area contributed by atoms with E-state index in [1.807, 2.05) is 6.07 Å². The van der Waals surface area contributed by atoms with E-state index in [9.17, 15) is 4.79 Å². The van der Waals surface area contributed by atoms with Crippen LogP contribution in [-0.4, -0.2) is 22.9 Å². The average Bonchev–Trinajstić information content (AvgIpc) is 2.97. The first-order valence-electron chi connectivity index (χ1n) is 4.83. The molecule has 0 bridgehead atoms. The molecule has 0 saturated carbocycles. The number of hydrogen-bond acceptors (Lipinski definition) is 5. The van der Waals surface area contributed by atoms with Crippen molar-refractivity contribution < 1.29 is 19.4 Å². The van der Waals surface area contributed by atoms with Crippen molar-refractivity contribution in [2.75, 3.05) is 6.79 Å². The quantitative estimate of drug-likeness (QED) is 0.883. The van der Waals surface area contributed by atoms with Crippen molar-refractivity contribution in [3.63, 3.8) is 0 Å². The number of fused-ring (bicyclic) bond motifs is 1. The van der Waals surface area contributed by atoms with E-state index in [0.29, 0.717) is 16.5 Å². The van der Waals surface area contributed by atoms with Crippen LogP contribution in [0.4, 0.5) is 0 Å². The van der Waals surface area contributed by atoms with Gasteiger partial charge in [-0.15, -0.1) is 11.3 Å². The molecule has 1 aliphatic heterocycles. The topological polar surface area (TPSA) is 68.7 Å². The zero-order valence-corrected chi connectivity index (χ0v) is 9.36. The van der Waals surface area contributed by atoms with Crippen LogP contribution in [0, 0.1) is 0 Å². The van der Waals surface area contributed by atoms with Crippen molar-refractivity contribution in [2.45, 2.75) is 0 Å². The van der Waals surface area contributed by atoms with E-state index >= 15 is 0 Å². The molecule has 2 heterocycles. The molecule has 0 saturated heterocycles. The standard InChI is InChI=1S/C11H7NO4S/c13-11(14)7-4-17-10(12-7)6-1-2-8-9(3-6)16-5-15-8/h1-4H,5H2,(H,13,14). The summed E-state index contributed by atoms with van der Waals surface area (Å²) in [6.07, 6.45) is 0. The molecule has 0 spiro atoms. The summed E-state index contributed by atoms with van der Waals surface area (Å²) in [5.41, 5.74) is 0.884. The summed E-state index contributed by atoms with van der Waals surface area (Å²) >= 11 is 1.29. The Morgan fingerprint density at radius 2 is 2.18 bits per heavy atom. The van der Waals surface area contributed by atoms with Crippen LogP contribution in [0.25, 0.3) is 10.6 Å². The van der Waals surface area contributed by atoms with E-state index < -0.39 is 5.97 Å². The number of carboxylic acid groups (broad SMARTS) is 1. The number of hydrogen-bond donors (Lipinski definition) is 1. The number of carbonyl (C=O) groups is 1. The molecule has 1 aliphatic rings. The van der Waals surface area contributed by atoms with Gasteiger partial charge in [-0.2, -0.15) is 0 Å². The highest BCUT2D eigenvalue weighted by molar-refractivity contribution is 7.13. The molecular weight excluding hydrogens is 242 g/mol. The van der Waals surface area contributed by atoms with Crippen LogP contribution < -0.4 is 9.47 Å². The Morgan fingerprint density at radius 3 is 2.94 bits per heavy atom. The lowest BCUT2D eigenvalue weighted by Gasteiger charge is -1.98. The van der Waals surface area contributed by atoms with Gasteiger partial charge in [0.25, 0.3) is 0 Å². The maximum absolute atomic E-state index is 10.7. The van der Waals surface area contributed by atoms with E-state index in [-0.39, 0.29) is 12.5 Å². The fourth-order valence-electron chi connectivity index (χ4n) is 1.53. The van der Waals surface area contributed by atoms with E-state index in [4.69, 9.17) is 14.6 Å². The number of ether oxygens (including phenoxy) is 2. The minimum atomic E-state index is -1.02. The summed E-state index contributed by atoms with van der Waals surface area (Å²) in [5, 5.41) is 11.0. The van der Waals surface area contributed by atoms with Gasteiger partial charge in [-0.1, -0.05) is 0 Å². The Morgan fingerprint density at radius 1 is 1.35 bits per heavy atom. The summed E-state index contributed by atoms with van der Waals surface area (Å²) in [6.45, 7) is 0.219. The third-order valence-electron chi connectivity index (χ3n) is 2.34. The lowest BCUT2D eigenvalue weighted by Crippen LogP contribution is -1.95. The monoisotopic (exact) mass is 249 g/mol. The number of thiazole rings is 1. The molecule has 1 N–H and O–H groups in total. The van der Waals surface area contributed by atoms with Crippen LogP contribution in [0.2, 0.25) is 0 Å². The number of aromatic carboxylic acids is 1. The van der Waals surface area contributed by atoms with Crippen LogP contribution in [0.3, 0.4) is 0 Å². The summed E-state index contributed by atoms with van der Waals surface area (Å²) in [4.78, 5) is 14.8. The molecule has 6 heteroatoms. The van der Waals surface area contributed by atoms with Gasteiger partial charge in [0.05, 0.1) is 0 Å². The first kappa shape index (κ1) is 10.1. The minimum Gasteiger partial charge on any atom is -0.476 e. The number of carboxylic acids is 1. The predicted molar refractivity (Wildman–Crippen MR) is 60.6 cm³/mol. The maximum Gasteiger partial charge on any atom is 0.355 e. The lowest BCUT2D eigenvalue weighted by molar-refractivity contribution is 0.0691. The van der Waals surface area contributed by atoms with Crippen molar-refractivity contribution in [1.82, 2.24) is 4.98 Å². The van der Waals surface area contributed by atoms with E-state index in [1.54, 1.807) is 12.1 Å². The molecule has 5 nitrogen and oxygen atoms in total. The highest BCUT2D eigenvalue weighted by Gasteiger charge is 2.16. The number of rotatable bonds is 2. The summed E-state index contributed by atoms with van der Waals surface area (Å²) in [6, 6.07) is 5.42. The second-order valence-electron chi connectivity index (χ2n) is 3.41. The van der Waals surface area contributed by atoms with Crippen molar-refractivity contribution in [1.29, 1.82) is 0 Å². The lowest BCUT2D eigenvalue weighted by atomic mass is 10.2. The molecule has 3 rings (SSSR count). The zero-order valence-electron chi connectivity index (χ0n) is 8.54. The summed E-state index contributed by atoms with van der Waals surface area (Å²) in [5.74, 6) is 0.339. The van der Waals surface area contributed by atoms with E-state index in [0.717, 1.165) is 5.56 Å². The second kappa shape index (κ2) is 3.74. The average molecular weight is 249 g/mol. The molecule has 0 fully saturated rings. The van der Waals surface area contributed by atoms with Gasteiger partial charge in [0.1, 0.15) is 5.01 Å². The summed E-state index contributed by atoms with van der Waals surface area (Å²) in [7, 11) is 0. The van der Waals surface area contributed by atoms with E-state index in [1.165, 1.54) is 16.7 Å². The van der Waals surface area contributed by atoms with Crippen molar-refractivity contribution in [2.24, 2.45) is 0 Å². The van der Waals surface area contributed by atoms with E-state index in [2.05, 4.69) is 4.98 Å². The molecule has 2 aromatic rings. The van der Waals surface area contributed by atoms with Crippen molar-refractivity contribution >= 4 is 17.3 Å². The highest BCUT2D eigenvalue weighted by Crippen LogP contribution is 2.36. The van der Waals surface area contributed by atoms with Gasteiger partial charge in [-0.3, -0.25) is 0 Å². The Hall–Kier alpha value is -2.08.